The number of Topliss-reactive ketones (excluding diaryl/α,β-unsaturated/α-hetero) is 1. The molecule has 2 rings (SSSR count). The summed E-state index contributed by atoms with van der Waals surface area (Å²) in [6.07, 6.45) is 3.00. The van der Waals surface area contributed by atoms with Crippen molar-refractivity contribution in [1.29, 1.82) is 0 Å². The lowest BCUT2D eigenvalue weighted by Crippen LogP contribution is -2.49. The zero-order chi connectivity index (χ0) is 43.0. The van der Waals surface area contributed by atoms with Gasteiger partial charge in [-0.25, -0.2) is 4.79 Å². The van der Waals surface area contributed by atoms with Gasteiger partial charge in [-0.15, -0.1) is 0 Å². The average molecular weight is 838 g/mol. The number of amides is 4. The van der Waals surface area contributed by atoms with Gasteiger partial charge in [-0.2, -0.15) is 11.8 Å². The molecule has 0 spiro atoms. The molecule has 1 aromatic carbocycles. The maximum atomic E-state index is 13.4. The molecule has 1 aliphatic rings. The third kappa shape index (κ3) is 20.4. The van der Waals surface area contributed by atoms with E-state index >= 15 is 0 Å². The predicted octanol–water partition coefficient (Wildman–Crippen LogP) is -0.282. The van der Waals surface area contributed by atoms with Crippen molar-refractivity contribution in [2.24, 2.45) is 17.6 Å². The van der Waals surface area contributed by atoms with E-state index in [2.05, 4.69) is 21.3 Å². The zero-order valence-corrected chi connectivity index (χ0v) is 34.8. The highest BCUT2D eigenvalue weighted by Gasteiger charge is 2.30. The molecule has 0 aromatic heterocycles. The lowest BCUT2D eigenvalue weighted by atomic mass is 9.85. The van der Waals surface area contributed by atoms with Gasteiger partial charge in [0.25, 0.3) is 0 Å². The van der Waals surface area contributed by atoms with Crippen LogP contribution in [0.1, 0.15) is 38.7 Å². The summed E-state index contributed by atoms with van der Waals surface area (Å²) in [5, 5.41) is 39.5. The van der Waals surface area contributed by atoms with Gasteiger partial charge in [-0.3, -0.25) is 48.4 Å². The van der Waals surface area contributed by atoms with E-state index in [-0.39, 0.29) is 95.4 Å². The Hall–Kier alpha value is -4.34. The number of thioether (sulfide) groups is 1. The van der Waals surface area contributed by atoms with Crippen molar-refractivity contribution in [3.05, 3.63) is 29.8 Å². The Bertz CT molecular complexity index is 1460. The van der Waals surface area contributed by atoms with Crippen molar-refractivity contribution in [2.75, 3.05) is 109 Å². The number of nitrogens with zero attached hydrogens (tertiary/aromatic N) is 4. The maximum Gasteiger partial charge on any atom is 0.319 e. The number of carbonyl (C=O) groups is 7. The topological polar surface area (TPSA) is 267 Å². The molecule has 0 aliphatic carbocycles. The Kier molecular flexibility index (Phi) is 23.5. The van der Waals surface area contributed by atoms with Crippen LogP contribution in [0, 0.1) is 11.8 Å². The third-order valence-electron chi connectivity index (χ3n) is 9.91. The van der Waals surface area contributed by atoms with Gasteiger partial charge in [-0.1, -0.05) is 32.4 Å². The van der Waals surface area contributed by atoms with E-state index in [1.54, 1.807) is 50.7 Å². The van der Waals surface area contributed by atoms with E-state index in [9.17, 15) is 48.9 Å². The molecule has 1 aliphatic heterocycles. The highest BCUT2D eigenvalue weighted by molar-refractivity contribution is 7.98. The van der Waals surface area contributed by atoms with Gasteiger partial charge in [-0.05, 0) is 42.0 Å². The van der Waals surface area contributed by atoms with E-state index in [1.165, 1.54) is 0 Å². The SMILES string of the molecule is CC[C@H](C)[C@H](CC(=O)[C@H](CCSC)NC(=O)Nc1ccc(CNC(=O)CN2CCN(CC(=O)O)CCN(CC(=O)O)CCN(CC(=O)O)CC2)cc1)C(=O)NCCN. The average Bonchev–Trinajstić information content (AvgIpc) is 3.17. The van der Waals surface area contributed by atoms with Crippen molar-refractivity contribution in [3.8, 4) is 0 Å². The monoisotopic (exact) mass is 837 g/mol. The van der Waals surface area contributed by atoms with Gasteiger partial charge in [0.1, 0.15) is 0 Å². The minimum atomic E-state index is -1.04. The first-order chi connectivity index (χ1) is 27.6. The predicted molar refractivity (Wildman–Crippen MR) is 221 cm³/mol. The molecule has 1 heterocycles. The van der Waals surface area contributed by atoms with E-state index in [4.69, 9.17) is 5.73 Å². The second-order valence-corrected chi connectivity index (χ2v) is 15.4. The van der Waals surface area contributed by atoms with Crippen LogP contribution >= 0.6 is 11.8 Å². The van der Waals surface area contributed by atoms with Gasteiger partial charge in [0.05, 0.1) is 32.2 Å². The Balaban J connectivity index is 2.02. The Morgan fingerprint density at radius 3 is 1.67 bits per heavy atom. The fraction of sp³-hybridized carbons (Fsp3) is 0.658. The molecule has 4 amide bonds. The number of nitrogens with one attached hydrogen (secondary N) is 4. The Morgan fingerprint density at radius 1 is 0.759 bits per heavy atom. The summed E-state index contributed by atoms with van der Waals surface area (Å²) in [5.74, 6) is -3.82. The maximum absolute atomic E-state index is 13.4. The summed E-state index contributed by atoms with van der Waals surface area (Å²) < 4.78 is 0. The van der Waals surface area contributed by atoms with Gasteiger partial charge < -0.3 is 42.3 Å². The van der Waals surface area contributed by atoms with Crippen LogP contribution in [0.5, 0.6) is 0 Å². The molecule has 0 unspecified atom stereocenters. The van der Waals surface area contributed by atoms with Gasteiger partial charge >= 0.3 is 23.9 Å². The molecule has 1 saturated heterocycles. The lowest BCUT2D eigenvalue weighted by Gasteiger charge is -2.32. The van der Waals surface area contributed by atoms with Crippen LogP contribution in [-0.2, 0) is 35.3 Å². The fourth-order valence-corrected chi connectivity index (χ4v) is 6.82. The second-order valence-electron chi connectivity index (χ2n) is 14.4. The summed E-state index contributed by atoms with van der Waals surface area (Å²) in [6.45, 7) is 6.15. The number of carbonyl (C=O) groups excluding carboxylic acids is 4. The van der Waals surface area contributed by atoms with Gasteiger partial charge in [0, 0.05) is 90.0 Å². The van der Waals surface area contributed by atoms with Crippen molar-refractivity contribution in [2.45, 2.75) is 45.7 Å². The lowest BCUT2D eigenvalue weighted by molar-refractivity contribution is -0.140. The number of benzene rings is 1. The van der Waals surface area contributed by atoms with E-state index < -0.39 is 35.9 Å². The molecule has 20 heteroatoms. The van der Waals surface area contributed by atoms with Crippen molar-refractivity contribution >= 4 is 59.0 Å². The first kappa shape index (κ1) is 49.8. The molecule has 0 saturated carbocycles. The molecule has 326 valence electrons. The fourth-order valence-electron chi connectivity index (χ4n) is 6.35. The van der Waals surface area contributed by atoms with Crippen LogP contribution in [0.25, 0.3) is 0 Å². The summed E-state index contributed by atoms with van der Waals surface area (Å²) in [5.41, 5.74) is 6.75. The van der Waals surface area contributed by atoms with Crippen molar-refractivity contribution < 1.29 is 48.9 Å². The molecule has 3 atom stereocenters. The molecule has 0 bridgehead atoms. The summed E-state index contributed by atoms with van der Waals surface area (Å²) in [6, 6.07) is 5.45. The zero-order valence-electron chi connectivity index (χ0n) is 34.0. The first-order valence-electron chi connectivity index (χ1n) is 19.6. The van der Waals surface area contributed by atoms with Crippen LogP contribution in [0.4, 0.5) is 10.5 Å². The van der Waals surface area contributed by atoms with Crippen LogP contribution < -0.4 is 27.0 Å². The largest absolute Gasteiger partial charge is 0.480 e. The molecule has 9 N–H and O–H groups in total. The van der Waals surface area contributed by atoms with E-state index in [0.29, 0.717) is 57.0 Å². The third-order valence-corrected chi connectivity index (χ3v) is 10.6. The number of nitrogens with two attached hydrogens (primary N) is 1. The number of carboxylic acid groups (broad SMARTS) is 3. The minimum absolute atomic E-state index is 0.00963. The van der Waals surface area contributed by atoms with E-state index in [0.717, 1.165) is 5.56 Å². The molecular formula is C38H63N9O10S. The number of anilines is 1. The molecule has 1 aromatic rings. The van der Waals surface area contributed by atoms with Crippen molar-refractivity contribution in [1.82, 2.24) is 35.6 Å². The molecular weight excluding hydrogens is 775 g/mol. The number of rotatable bonds is 23. The Morgan fingerprint density at radius 2 is 1.24 bits per heavy atom. The molecule has 58 heavy (non-hydrogen) atoms. The summed E-state index contributed by atoms with van der Waals surface area (Å²) in [7, 11) is 0. The van der Waals surface area contributed by atoms with Crippen LogP contribution in [0.2, 0.25) is 0 Å². The second kappa shape index (κ2) is 27.4. The smallest absolute Gasteiger partial charge is 0.319 e. The van der Waals surface area contributed by atoms with E-state index in [1.807, 2.05) is 25.0 Å². The normalized spacial score (nSPS) is 16.8. The summed E-state index contributed by atoms with van der Waals surface area (Å²) in [4.78, 5) is 93.8. The quantitative estimate of drug-likeness (QED) is 0.0705. The van der Waals surface area contributed by atoms with Crippen LogP contribution in [0.15, 0.2) is 24.3 Å². The number of urea groups is 1. The highest BCUT2D eigenvalue weighted by atomic mass is 32.2. The molecule has 19 nitrogen and oxygen atoms in total. The molecule has 1 fully saturated rings. The number of carboxylic acids is 3. The number of hydrogen-bond acceptors (Lipinski definition) is 13. The highest BCUT2D eigenvalue weighted by Crippen LogP contribution is 2.21. The van der Waals surface area contributed by atoms with Crippen LogP contribution in [-0.4, -0.2) is 186 Å². The minimum Gasteiger partial charge on any atom is -0.480 e. The van der Waals surface area contributed by atoms with Gasteiger partial charge in [0.15, 0.2) is 5.78 Å². The number of hydrogen-bond donors (Lipinski definition) is 8. The Labute approximate surface area is 344 Å². The standard InChI is InChI=1S/C38H63N9O10S/c1-4-27(2)30(37(56)40-11-10-39)21-32(48)31(9-20-58-3)43-38(57)42-29-7-5-28(6-8-29)22-41-33(49)23-44-12-14-45(24-34(50)51)16-18-47(26-36(54)55)19-17-46(15-13-44)25-35(52)53/h5-8,27,30-31H,4,9-26,39H2,1-3H3,(H,40,56)(H,41,49)(H,50,51)(H,52,53)(H,54,55)(H2,42,43,57)/t27-,30-,31-/m0/s1. The molecule has 0 radical (unpaired) electrons. The number of aliphatic carboxylic acids is 3. The van der Waals surface area contributed by atoms with Gasteiger partial charge in [0.2, 0.25) is 11.8 Å². The number of ketones is 1. The summed E-state index contributed by atoms with van der Waals surface area (Å²) >= 11 is 1.54. The van der Waals surface area contributed by atoms with Crippen molar-refractivity contribution in [3.63, 3.8) is 0 Å². The first-order valence-corrected chi connectivity index (χ1v) is 21.0. The van der Waals surface area contributed by atoms with Crippen LogP contribution in [0.3, 0.4) is 0 Å².